The molecule has 15 heteroatoms. The Kier molecular flexibility index (Phi) is 8.37. The number of ether oxygens (including phenoxy) is 1. The number of nitrogens with zero attached hydrogens (tertiary/aromatic N) is 4. The lowest BCUT2D eigenvalue weighted by Crippen LogP contribution is -2.49. The molecule has 6 atom stereocenters. The maximum atomic E-state index is 15.1. The molecule has 2 aliphatic carbocycles. The van der Waals surface area contributed by atoms with E-state index in [0.29, 0.717) is 21.9 Å². The molecule has 56 heavy (non-hydrogen) atoms. The smallest absolute Gasteiger partial charge is 0.488 e. The molecule has 0 radical (unpaired) electrons. The van der Waals surface area contributed by atoms with Crippen LogP contribution in [0.25, 0.3) is 20.7 Å². The lowest BCUT2D eigenvalue weighted by Gasteiger charge is -2.49. The molecule has 4 heterocycles. The summed E-state index contributed by atoms with van der Waals surface area (Å²) in [5.41, 5.74) is 1.56. The predicted molar refractivity (Wildman–Crippen MR) is 212 cm³/mol. The number of amides is 4. The number of allylic oxidation sites excluding steroid dienone is 2. The van der Waals surface area contributed by atoms with Crippen LogP contribution in [-0.4, -0.2) is 62.8 Å². The van der Waals surface area contributed by atoms with Crippen LogP contribution in [0, 0.1) is 36.0 Å². The number of aromatic hydroxyl groups is 1. The third kappa shape index (κ3) is 5.02. The van der Waals surface area contributed by atoms with Crippen molar-refractivity contribution >= 4 is 80.7 Å². The number of carbonyl (C=O) groups excluding carboxylic acids is 4. The highest BCUT2D eigenvalue weighted by molar-refractivity contribution is 7.22. The van der Waals surface area contributed by atoms with E-state index in [9.17, 15) is 29.5 Å². The summed E-state index contributed by atoms with van der Waals surface area (Å²) < 4.78 is 8.04. The van der Waals surface area contributed by atoms with Crippen LogP contribution in [0.1, 0.15) is 36.8 Å². The highest BCUT2D eigenvalue weighted by Crippen LogP contribution is 2.65. The molecule has 2 saturated heterocycles. The number of benzene rings is 3. The first kappa shape index (κ1) is 36.4. The summed E-state index contributed by atoms with van der Waals surface area (Å²) >= 11 is 7.85. The van der Waals surface area contributed by atoms with Gasteiger partial charge in [0.1, 0.15) is 11.5 Å². The van der Waals surface area contributed by atoms with E-state index in [1.54, 1.807) is 50.4 Å². The zero-order chi connectivity index (χ0) is 39.5. The Morgan fingerprint density at radius 1 is 0.964 bits per heavy atom. The zero-order valence-corrected chi connectivity index (χ0v) is 32.3. The molecule has 4 aliphatic rings. The second-order valence-corrected chi connectivity index (χ2v) is 16.7. The maximum Gasteiger partial charge on any atom is 0.488 e. The quantitative estimate of drug-likeness (QED) is 0.121. The molecule has 3 aromatic carbocycles. The van der Waals surface area contributed by atoms with E-state index in [4.69, 9.17) is 21.4 Å². The number of halogens is 1. The minimum Gasteiger partial charge on any atom is -0.504 e. The number of aromatic nitrogens is 2. The molecule has 3 fully saturated rings. The predicted octanol–water partition coefficient (Wildman–Crippen LogP) is 5.09. The normalized spacial score (nSPS) is 25.8. The number of anilines is 2. The Bertz CT molecular complexity index is 2580. The second kappa shape index (κ2) is 12.9. The van der Waals surface area contributed by atoms with E-state index in [0.717, 1.165) is 25.4 Å². The maximum absolute atomic E-state index is 15.1. The number of methoxy groups -OCH3 is 1. The van der Waals surface area contributed by atoms with E-state index in [2.05, 4.69) is 0 Å². The fraction of sp³-hybridized carbons (Fsp3) is 0.293. The molecule has 12 nitrogen and oxygen atoms in total. The van der Waals surface area contributed by atoms with Crippen LogP contribution in [0.5, 0.6) is 11.5 Å². The molecule has 4 amide bonds. The van der Waals surface area contributed by atoms with Crippen LogP contribution in [0.15, 0.2) is 78.4 Å². The number of phenolic OH excluding ortho intramolecular Hbond substituents is 1. The lowest BCUT2D eigenvalue weighted by molar-refractivity contribution is -0.131. The van der Waals surface area contributed by atoms with Crippen molar-refractivity contribution in [2.45, 2.75) is 32.6 Å². The van der Waals surface area contributed by atoms with Crippen LogP contribution < -0.4 is 20.0 Å². The highest BCUT2D eigenvalue weighted by atomic mass is 35.5. The molecule has 0 bridgehead atoms. The first-order chi connectivity index (χ1) is 26.8. The van der Waals surface area contributed by atoms with Crippen molar-refractivity contribution in [1.29, 1.82) is 0 Å². The van der Waals surface area contributed by atoms with E-state index < -0.39 is 65.8 Å². The number of imide groups is 2. The van der Waals surface area contributed by atoms with E-state index >= 15 is 4.79 Å². The topological polar surface area (TPSA) is 162 Å². The molecule has 5 aromatic rings. The number of aryl methyl sites for hydroxylation is 2. The molecule has 9 rings (SSSR count). The van der Waals surface area contributed by atoms with E-state index in [1.165, 1.54) is 40.2 Å². The molecule has 0 spiro atoms. The molecule has 284 valence electrons. The minimum atomic E-state index is -1.80. The fourth-order valence-corrected chi connectivity index (χ4v) is 11.1. The first-order valence-corrected chi connectivity index (χ1v) is 19.5. The van der Waals surface area contributed by atoms with Gasteiger partial charge in [0.2, 0.25) is 23.6 Å². The summed E-state index contributed by atoms with van der Waals surface area (Å²) in [5.74, 6) is -5.58. The number of fused-ring (bicyclic) bond motifs is 5. The molecular formula is C41H36BClN4O8S. The van der Waals surface area contributed by atoms with Gasteiger partial charge in [-0.25, -0.2) is 4.90 Å². The number of thiophene rings is 1. The van der Waals surface area contributed by atoms with Crippen molar-refractivity contribution in [3.8, 4) is 22.1 Å². The standard InChI is InChI=1S/C41H36BClN4O8S/c1-19-26-16-21(43)11-14-31(26)56-36(19)29-18-32(45(3)44-29)47-38(50)28-17-27-23(34(41(28,2)40(47)52)25-9-6-10-30(55-4)35(25)48)12-13-24-33(27)39(51)46(37(24)49)22-8-5-7-20(15-22)42(53)54/h5-12,14-16,18,24,27-28,33-34,48,53-54H,13,17H2,1-4H3. The Morgan fingerprint density at radius 2 is 1.73 bits per heavy atom. The van der Waals surface area contributed by atoms with Crippen molar-refractivity contribution in [2.75, 3.05) is 16.9 Å². The van der Waals surface area contributed by atoms with Crippen LogP contribution in [0.2, 0.25) is 5.02 Å². The van der Waals surface area contributed by atoms with Crippen LogP contribution in [0.3, 0.4) is 0 Å². The number of hydrogen-bond acceptors (Lipinski definition) is 10. The van der Waals surface area contributed by atoms with Gasteiger partial charge in [0.15, 0.2) is 11.5 Å². The molecular weight excluding hydrogens is 755 g/mol. The third-order valence-corrected chi connectivity index (χ3v) is 14.0. The van der Waals surface area contributed by atoms with Gasteiger partial charge < -0.3 is 19.9 Å². The Hall–Kier alpha value is -5.28. The molecule has 2 aliphatic heterocycles. The molecule has 2 aromatic heterocycles. The number of phenols is 1. The van der Waals surface area contributed by atoms with Crippen LogP contribution >= 0.6 is 22.9 Å². The van der Waals surface area contributed by atoms with Crippen LogP contribution in [0.4, 0.5) is 11.5 Å². The largest absolute Gasteiger partial charge is 0.504 e. The molecule has 1 saturated carbocycles. The van der Waals surface area contributed by atoms with Crippen molar-refractivity contribution in [3.05, 3.63) is 94.5 Å². The SMILES string of the molecule is COc1cccc(C2C3=CCC4C(=O)N(c5cccc(B(O)O)c5)C(=O)C4C3CC3C(=O)N(c4cc(-c5sc6ccc(Cl)cc6c5C)nn4C)C(=O)C32C)c1O. The number of rotatable bonds is 6. The monoisotopic (exact) mass is 790 g/mol. The van der Waals surface area contributed by atoms with Gasteiger partial charge >= 0.3 is 7.12 Å². The second-order valence-electron chi connectivity index (χ2n) is 15.2. The minimum absolute atomic E-state index is 0.106. The van der Waals surface area contributed by atoms with Gasteiger partial charge in [0, 0.05) is 34.3 Å². The summed E-state index contributed by atoms with van der Waals surface area (Å²) in [4.78, 5) is 61.8. The summed E-state index contributed by atoms with van der Waals surface area (Å²) in [6, 6.07) is 18.4. The average Bonchev–Trinajstić information content (AvgIpc) is 3.85. The molecule has 3 N–H and O–H groups in total. The first-order valence-electron chi connectivity index (χ1n) is 18.3. The van der Waals surface area contributed by atoms with Gasteiger partial charge in [-0.05, 0) is 85.4 Å². The number of carbonyl (C=O) groups is 4. The number of para-hydroxylation sites is 1. The van der Waals surface area contributed by atoms with Crippen molar-refractivity contribution in [3.63, 3.8) is 0 Å². The third-order valence-electron chi connectivity index (χ3n) is 12.5. The van der Waals surface area contributed by atoms with Crippen molar-refractivity contribution in [2.24, 2.45) is 36.1 Å². The van der Waals surface area contributed by atoms with Gasteiger partial charge in [0.05, 0.1) is 40.8 Å². The highest BCUT2D eigenvalue weighted by Gasteiger charge is 2.68. The van der Waals surface area contributed by atoms with Gasteiger partial charge in [-0.2, -0.15) is 5.10 Å². The Balaban J connectivity index is 1.16. The van der Waals surface area contributed by atoms with Crippen molar-refractivity contribution in [1.82, 2.24) is 9.78 Å². The number of hydrogen-bond donors (Lipinski definition) is 3. The Labute approximate surface area is 330 Å². The lowest BCUT2D eigenvalue weighted by atomic mass is 9.51. The van der Waals surface area contributed by atoms with E-state index in [1.807, 2.05) is 31.2 Å². The van der Waals surface area contributed by atoms with Crippen molar-refractivity contribution < 1.29 is 39.1 Å². The fourth-order valence-electron chi connectivity index (χ4n) is 9.81. The summed E-state index contributed by atoms with van der Waals surface area (Å²) in [6.45, 7) is 3.73. The summed E-state index contributed by atoms with van der Waals surface area (Å²) in [5, 5.41) is 37.7. The average molecular weight is 791 g/mol. The van der Waals surface area contributed by atoms with Gasteiger partial charge in [-0.1, -0.05) is 47.5 Å². The van der Waals surface area contributed by atoms with Crippen LogP contribution in [-0.2, 0) is 26.2 Å². The zero-order valence-electron chi connectivity index (χ0n) is 30.8. The summed E-state index contributed by atoms with van der Waals surface area (Å²) in [7, 11) is 1.31. The Morgan fingerprint density at radius 3 is 2.48 bits per heavy atom. The van der Waals surface area contributed by atoms with Gasteiger partial charge in [-0.3, -0.25) is 28.8 Å². The van der Waals surface area contributed by atoms with Gasteiger partial charge in [0.25, 0.3) is 0 Å². The van der Waals surface area contributed by atoms with E-state index in [-0.39, 0.29) is 41.3 Å². The van der Waals surface area contributed by atoms with Gasteiger partial charge in [-0.15, -0.1) is 11.3 Å². The summed E-state index contributed by atoms with van der Waals surface area (Å²) in [6.07, 6.45) is 2.20. The molecule has 6 unspecified atom stereocenters.